The molecule has 1 amide bonds. The summed E-state index contributed by atoms with van der Waals surface area (Å²) in [7, 11) is 0. The molecule has 1 saturated carbocycles. The Labute approximate surface area is 131 Å². The largest absolute Gasteiger partial charge is 0.273 e. The molecule has 1 aromatic heterocycles. The van der Waals surface area contributed by atoms with Crippen LogP contribution >= 0.6 is 0 Å². The molecule has 1 fully saturated rings. The van der Waals surface area contributed by atoms with Gasteiger partial charge < -0.3 is 0 Å². The molecule has 0 saturated heterocycles. The molecule has 0 atom stereocenters. The van der Waals surface area contributed by atoms with Crippen molar-refractivity contribution in [3.05, 3.63) is 18.1 Å². The number of nitrogens with zero attached hydrogens (tertiary/aromatic N) is 4. The topological polar surface area (TPSA) is 81.9 Å². The van der Waals surface area contributed by atoms with E-state index < -0.39 is 0 Å². The maximum atomic E-state index is 12.3. The zero-order valence-corrected chi connectivity index (χ0v) is 13.2. The second-order valence-electron chi connectivity index (χ2n) is 6.24. The molecule has 6 heteroatoms. The Morgan fingerprint density at radius 3 is 2.86 bits per heavy atom. The SMILES string of the molecule is CC(C)CN(NC(=O)CC1CCCC1)c1ccnc(C#N)n1. The van der Waals surface area contributed by atoms with Gasteiger partial charge in [0.1, 0.15) is 6.07 Å². The highest BCUT2D eigenvalue weighted by Crippen LogP contribution is 2.27. The first-order valence-corrected chi connectivity index (χ1v) is 7.88. The third kappa shape index (κ3) is 4.69. The number of carbonyl (C=O) groups is 1. The van der Waals surface area contributed by atoms with Crippen molar-refractivity contribution in [3.63, 3.8) is 0 Å². The van der Waals surface area contributed by atoms with Gasteiger partial charge in [0, 0.05) is 25.2 Å². The fraction of sp³-hybridized carbons (Fsp3) is 0.625. The number of hydrogen-bond donors (Lipinski definition) is 1. The lowest BCUT2D eigenvalue weighted by Gasteiger charge is -2.26. The van der Waals surface area contributed by atoms with Crippen molar-refractivity contribution in [2.45, 2.75) is 46.0 Å². The van der Waals surface area contributed by atoms with E-state index in [0.717, 1.165) is 12.8 Å². The highest BCUT2D eigenvalue weighted by Gasteiger charge is 2.20. The maximum Gasteiger partial charge on any atom is 0.238 e. The number of carbonyl (C=O) groups excluding carboxylic acids is 1. The van der Waals surface area contributed by atoms with Crippen LogP contribution in [0.2, 0.25) is 0 Å². The number of nitriles is 1. The van der Waals surface area contributed by atoms with Gasteiger partial charge >= 0.3 is 0 Å². The lowest BCUT2D eigenvalue weighted by atomic mass is 10.0. The number of aromatic nitrogens is 2. The number of hydrogen-bond acceptors (Lipinski definition) is 5. The molecule has 0 aromatic carbocycles. The van der Waals surface area contributed by atoms with Gasteiger partial charge in [0.15, 0.2) is 5.82 Å². The highest BCUT2D eigenvalue weighted by atomic mass is 16.2. The summed E-state index contributed by atoms with van der Waals surface area (Å²) in [5, 5.41) is 10.6. The number of nitrogens with one attached hydrogen (secondary N) is 1. The summed E-state index contributed by atoms with van der Waals surface area (Å²) in [5.41, 5.74) is 2.94. The second-order valence-corrected chi connectivity index (χ2v) is 6.24. The molecular formula is C16H23N5O. The van der Waals surface area contributed by atoms with E-state index >= 15 is 0 Å². The van der Waals surface area contributed by atoms with E-state index in [0.29, 0.717) is 30.6 Å². The molecule has 1 aliphatic rings. The van der Waals surface area contributed by atoms with E-state index in [-0.39, 0.29) is 11.7 Å². The summed E-state index contributed by atoms with van der Waals surface area (Å²) < 4.78 is 0. The van der Waals surface area contributed by atoms with Gasteiger partial charge in [0.05, 0.1) is 0 Å². The van der Waals surface area contributed by atoms with Gasteiger partial charge in [0.2, 0.25) is 11.7 Å². The van der Waals surface area contributed by atoms with Crippen LogP contribution in [0.25, 0.3) is 0 Å². The molecule has 0 bridgehead atoms. The van der Waals surface area contributed by atoms with Crippen LogP contribution in [-0.4, -0.2) is 22.4 Å². The first-order chi connectivity index (χ1) is 10.6. The van der Waals surface area contributed by atoms with Crippen LogP contribution < -0.4 is 10.4 Å². The van der Waals surface area contributed by atoms with E-state index in [2.05, 4.69) is 29.2 Å². The summed E-state index contributed by atoms with van der Waals surface area (Å²) in [4.78, 5) is 20.3. The number of anilines is 1. The maximum absolute atomic E-state index is 12.3. The van der Waals surface area contributed by atoms with Gasteiger partial charge in [-0.25, -0.2) is 4.98 Å². The van der Waals surface area contributed by atoms with E-state index in [4.69, 9.17) is 5.26 Å². The molecule has 1 N–H and O–H groups in total. The molecule has 0 radical (unpaired) electrons. The smallest absolute Gasteiger partial charge is 0.238 e. The van der Waals surface area contributed by atoms with Crippen LogP contribution in [0.4, 0.5) is 5.82 Å². The summed E-state index contributed by atoms with van der Waals surface area (Å²) in [6.07, 6.45) is 6.84. The number of amides is 1. The summed E-state index contributed by atoms with van der Waals surface area (Å²) in [6, 6.07) is 3.63. The van der Waals surface area contributed by atoms with Crippen LogP contribution in [0, 0.1) is 23.2 Å². The fourth-order valence-electron chi connectivity index (χ4n) is 2.79. The first kappa shape index (κ1) is 16.2. The van der Waals surface area contributed by atoms with Crippen LogP contribution in [0.3, 0.4) is 0 Å². The Bertz CT molecular complexity index is 546. The standard InChI is InChI=1S/C16H23N5O/c1-12(2)11-21(15-7-8-18-14(10-17)19-15)20-16(22)9-13-5-3-4-6-13/h7-8,12-13H,3-6,9,11H2,1-2H3,(H,20,22). The molecule has 0 aliphatic heterocycles. The van der Waals surface area contributed by atoms with Crippen LogP contribution in [0.1, 0.15) is 51.8 Å². The van der Waals surface area contributed by atoms with Gasteiger partial charge in [-0.1, -0.05) is 26.7 Å². The van der Waals surface area contributed by atoms with Gasteiger partial charge in [-0.2, -0.15) is 10.2 Å². The first-order valence-electron chi connectivity index (χ1n) is 7.88. The Hall–Kier alpha value is -2.16. The lowest BCUT2D eigenvalue weighted by molar-refractivity contribution is -0.122. The Balaban J connectivity index is 2.04. The molecule has 2 rings (SSSR count). The predicted octanol–water partition coefficient (Wildman–Crippen LogP) is 2.42. The van der Waals surface area contributed by atoms with Crippen LogP contribution in [-0.2, 0) is 4.79 Å². The summed E-state index contributed by atoms with van der Waals surface area (Å²) in [6.45, 7) is 4.78. The Morgan fingerprint density at radius 1 is 1.50 bits per heavy atom. The van der Waals surface area contributed by atoms with E-state index in [1.807, 2.05) is 6.07 Å². The molecule has 0 spiro atoms. The Morgan fingerprint density at radius 2 is 2.23 bits per heavy atom. The molecular weight excluding hydrogens is 278 g/mol. The van der Waals surface area contributed by atoms with Crippen molar-refractivity contribution in [3.8, 4) is 6.07 Å². The minimum absolute atomic E-state index is 0.0182. The second kappa shape index (κ2) is 7.74. The molecule has 1 aliphatic carbocycles. The molecule has 6 nitrogen and oxygen atoms in total. The fourth-order valence-corrected chi connectivity index (χ4v) is 2.79. The quantitative estimate of drug-likeness (QED) is 0.816. The molecule has 1 aromatic rings. The minimum atomic E-state index is 0.0182. The molecule has 0 unspecified atom stereocenters. The van der Waals surface area contributed by atoms with Crippen LogP contribution in [0.5, 0.6) is 0 Å². The highest BCUT2D eigenvalue weighted by molar-refractivity contribution is 5.77. The van der Waals surface area contributed by atoms with E-state index in [1.165, 1.54) is 19.0 Å². The molecule has 1 heterocycles. The van der Waals surface area contributed by atoms with Crippen molar-refractivity contribution in [2.75, 3.05) is 11.6 Å². The van der Waals surface area contributed by atoms with Crippen molar-refractivity contribution in [1.29, 1.82) is 5.26 Å². The zero-order valence-electron chi connectivity index (χ0n) is 13.2. The van der Waals surface area contributed by atoms with Crippen LogP contribution in [0.15, 0.2) is 12.3 Å². The van der Waals surface area contributed by atoms with Gasteiger partial charge in [-0.05, 0) is 24.7 Å². The zero-order chi connectivity index (χ0) is 15.9. The van der Waals surface area contributed by atoms with Crippen molar-refractivity contribution in [1.82, 2.24) is 15.4 Å². The van der Waals surface area contributed by atoms with Gasteiger partial charge in [0.25, 0.3) is 0 Å². The minimum Gasteiger partial charge on any atom is -0.273 e. The van der Waals surface area contributed by atoms with E-state index in [9.17, 15) is 4.79 Å². The van der Waals surface area contributed by atoms with Crippen molar-refractivity contribution < 1.29 is 4.79 Å². The van der Waals surface area contributed by atoms with Gasteiger partial charge in [-0.3, -0.25) is 15.2 Å². The lowest BCUT2D eigenvalue weighted by Crippen LogP contribution is -2.45. The summed E-state index contributed by atoms with van der Waals surface area (Å²) >= 11 is 0. The summed E-state index contributed by atoms with van der Waals surface area (Å²) in [5.74, 6) is 1.54. The third-order valence-corrected chi connectivity index (χ3v) is 3.77. The van der Waals surface area contributed by atoms with Crippen molar-refractivity contribution >= 4 is 11.7 Å². The average Bonchev–Trinajstić information content (AvgIpc) is 2.99. The monoisotopic (exact) mass is 301 g/mol. The average molecular weight is 301 g/mol. The third-order valence-electron chi connectivity index (χ3n) is 3.77. The van der Waals surface area contributed by atoms with Gasteiger partial charge in [-0.15, -0.1) is 0 Å². The van der Waals surface area contributed by atoms with E-state index in [1.54, 1.807) is 11.1 Å². The molecule has 118 valence electrons. The number of hydrazine groups is 1. The Kier molecular flexibility index (Phi) is 5.70. The predicted molar refractivity (Wildman–Crippen MR) is 83.6 cm³/mol. The van der Waals surface area contributed by atoms with Crippen molar-refractivity contribution in [2.24, 2.45) is 11.8 Å². The molecule has 22 heavy (non-hydrogen) atoms. The normalized spacial score (nSPS) is 14.8. The number of rotatable bonds is 6.